The molecule has 2 aromatic rings. The van der Waals surface area contributed by atoms with E-state index in [2.05, 4.69) is 28.0 Å². The van der Waals surface area contributed by atoms with Gasteiger partial charge < -0.3 is 14.9 Å². The Morgan fingerprint density at radius 2 is 1.82 bits per heavy atom. The number of para-hydroxylation sites is 1. The first-order valence-corrected chi connectivity index (χ1v) is 13.7. The van der Waals surface area contributed by atoms with Crippen LogP contribution in [0.5, 0.6) is 0 Å². The molecule has 0 unspecified atom stereocenters. The third-order valence-corrected chi connectivity index (χ3v) is 8.16. The maximum absolute atomic E-state index is 13.3. The third-order valence-electron chi connectivity index (χ3n) is 6.78. The number of nitriles is 1. The average molecular weight is 552 g/mol. The summed E-state index contributed by atoms with van der Waals surface area (Å²) in [6, 6.07) is 12.2. The molecule has 0 saturated carbocycles. The monoisotopic (exact) mass is 551 g/mol. The minimum atomic E-state index is -0.926. The van der Waals surface area contributed by atoms with E-state index >= 15 is 0 Å². The molecular weight excluding hydrogens is 522 g/mol. The molecule has 0 atom stereocenters. The van der Waals surface area contributed by atoms with Crippen molar-refractivity contribution in [3.8, 4) is 6.07 Å². The van der Waals surface area contributed by atoms with E-state index in [4.69, 9.17) is 17.3 Å². The number of anilines is 2. The number of piperazine rings is 1. The van der Waals surface area contributed by atoms with Crippen molar-refractivity contribution < 1.29 is 14.7 Å². The fourth-order valence-electron chi connectivity index (χ4n) is 4.81. The molecule has 1 amide bonds. The second-order valence-electron chi connectivity index (χ2n) is 9.04. The molecule has 0 bridgehead atoms. The Morgan fingerprint density at radius 1 is 1.16 bits per heavy atom. The summed E-state index contributed by atoms with van der Waals surface area (Å²) >= 11 is 6.57. The molecule has 3 heterocycles. The van der Waals surface area contributed by atoms with Crippen LogP contribution in [0.2, 0.25) is 0 Å². The normalized spacial score (nSPS) is 16.9. The molecule has 198 valence electrons. The number of thiocarbonyl (C=S) groups is 1. The van der Waals surface area contributed by atoms with E-state index in [0.717, 1.165) is 30.5 Å². The lowest BCUT2D eigenvalue weighted by Crippen LogP contribution is -2.48. The first kappa shape index (κ1) is 27.4. The summed E-state index contributed by atoms with van der Waals surface area (Å²) in [4.78, 5) is 43.6. The number of hydrogen-bond acceptors (Lipinski definition) is 8. The van der Waals surface area contributed by atoms with Gasteiger partial charge >= 0.3 is 5.97 Å². The predicted octanol–water partition coefficient (Wildman–Crippen LogP) is 3.44. The highest BCUT2D eigenvalue weighted by Crippen LogP contribution is 2.36. The number of pyridine rings is 1. The molecule has 4 rings (SSSR count). The second-order valence-corrected chi connectivity index (χ2v) is 10.7. The van der Waals surface area contributed by atoms with Crippen LogP contribution in [-0.4, -0.2) is 63.5 Å². The predicted molar refractivity (Wildman–Crippen MR) is 153 cm³/mol. The zero-order chi connectivity index (χ0) is 27.4. The number of rotatable bonds is 8. The van der Waals surface area contributed by atoms with E-state index in [-0.39, 0.29) is 30.0 Å². The molecule has 0 aliphatic carbocycles. The largest absolute Gasteiger partial charge is 0.481 e. The van der Waals surface area contributed by atoms with Gasteiger partial charge in [0, 0.05) is 56.9 Å². The molecule has 0 radical (unpaired) electrons. The minimum Gasteiger partial charge on any atom is -0.481 e. The summed E-state index contributed by atoms with van der Waals surface area (Å²) in [7, 11) is 0. The minimum absolute atomic E-state index is 0.0543. The lowest BCUT2D eigenvalue weighted by atomic mass is 10.0. The Morgan fingerprint density at radius 3 is 2.42 bits per heavy atom. The fraction of sp³-hybridized carbons (Fsp3) is 0.370. The van der Waals surface area contributed by atoms with Gasteiger partial charge in [0.15, 0.2) is 0 Å². The molecule has 1 aromatic carbocycles. The lowest BCUT2D eigenvalue weighted by Gasteiger charge is -2.39. The first-order chi connectivity index (χ1) is 18.3. The molecule has 2 aliphatic heterocycles. The number of carboxylic acids is 1. The summed E-state index contributed by atoms with van der Waals surface area (Å²) in [5, 5.41) is 18.7. The van der Waals surface area contributed by atoms with E-state index in [1.807, 2.05) is 25.1 Å². The number of hydrogen-bond donors (Lipinski definition) is 1. The smallest absolute Gasteiger partial charge is 0.303 e. The summed E-state index contributed by atoms with van der Waals surface area (Å²) < 4.78 is 1.98. The van der Waals surface area contributed by atoms with Gasteiger partial charge in [-0.25, -0.2) is 0 Å². The molecule has 1 N–H and O–H groups in total. The number of aromatic nitrogens is 1. The zero-order valence-electron chi connectivity index (χ0n) is 21.3. The molecule has 2 aliphatic rings. The number of thioether (sulfide) groups is 1. The van der Waals surface area contributed by atoms with Crippen LogP contribution in [0, 0.1) is 18.3 Å². The van der Waals surface area contributed by atoms with E-state index in [0.29, 0.717) is 52.2 Å². The van der Waals surface area contributed by atoms with Crippen LogP contribution in [0.4, 0.5) is 11.5 Å². The van der Waals surface area contributed by atoms with Gasteiger partial charge in [-0.15, -0.1) is 0 Å². The van der Waals surface area contributed by atoms with Crippen LogP contribution < -0.4 is 15.4 Å². The van der Waals surface area contributed by atoms with Crippen LogP contribution >= 0.6 is 24.0 Å². The first-order valence-electron chi connectivity index (χ1n) is 12.5. The van der Waals surface area contributed by atoms with Crippen molar-refractivity contribution >= 4 is 57.8 Å². The summed E-state index contributed by atoms with van der Waals surface area (Å²) in [6.07, 6.45) is 1.98. The number of nitrogens with zero attached hydrogens (tertiary/aromatic N) is 5. The van der Waals surface area contributed by atoms with Crippen molar-refractivity contribution in [1.82, 2.24) is 9.47 Å². The van der Waals surface area contributed by atoms with Gasteiger partial charge in [0.05, 0.1) is 4.91 Å². The number of carbonyl (C=O) groups is 2. The van der Waals surface area contributed by atoms with Gasteiger partial charge in [-0.05, 0) is 44.0 Å². The molecule has 0 spiro atoms. The van der Waals surface area contributed by atoms with Crippen LogP contribution in [-0.2, 0) is 16.1 Å². The summed E-state index contributed by atoms with van der Waals surface area (Å²) in [5.41, 5.74) is 2.04. The van der Waals surface area contributed by atoms with Gasteiger partial charge in [0.1, 0.15) is 21.8 Å². The van der Waals surface area contributed by atoms with Crippen LogP contribution in [0.1, 0.15) is 36.5 Å². The van der Waals surface area contributed by atoms with Crippen molar-refractivity contribution in [1.29, 1.82) is 5.26 Å². The Bertz CT molecular complexity index is 1390. The highest BCUT2D eigenvalue weighted by atomic mass is 32.2. The maximum atomic E-state index is 13.3. The Hall–Kier alpha value is -3.62. The number of carboxylic acid groups (broad SMARTS) is 1. The molecule has 2 fully saturated rings. The number of benzene rings is 1. The standard InChI is InChI=1S/C27H29N5O4S2/c1-3-31-24(30-14-12-29(13-15-30)19-8-5-4-6-9-19)20(18(2)21(17-28)25(31)35)16-22-26(36)32(27(37)38-22)11-7-10-23(33)34/h4-6,8-9,16H,3,7,10-15H2,1-2H3,(H,33,34)/b22-16+. The van der Waals surface area contributed by atoms with Gasteiger partial charge in [0.25, 0.3) is 11.5 Å². The van der Waals surface area contributed by atoms with E-state index in [1.165, 1.54) is 4.90 Å². The second kappa shape index (κ2) is 11.8. The van der Waals surface area contributed by atoms with Gasteiger partial charge in [-0.2, -0.15) is 5.26 Å². The van der Waals surface area contributed by atoms with Gasteiger partial charge in [-0.3, -0.25) is 23.9 Å². The Labute approximate surface area is 230 Å². The number of amides is 1. The SMILES string of the molecule is CCn1c(N2CCN(c3ccccc3)CC2)c(/C=C2/SC(=S)N(CCCC(=O)O)C2=O)c(C)c(C#N)c1=O. The van der Waals surface area contributed by atoms with Gasteiger partial charge in [0.2, 0.25) is 0 Å². The van der Waals surface area contributed by atoms with Crippen LogP contribution in [0.3, 0.4) is 0 Å². The summed E-state index contributed by atoms with van der Waals surface area (Å²) in [5.74, 6) is -0.528. The summed E-state index contributed by atoms with van der Waals surface area (Å²) in [6.45, 7) is 7.04. The van der Waals surface area contributed by atoms with Crippen molar-refractivity contribution in [3.63, 3.8) is 0 Å². The fourth-order valence-corrected chi connectivity index (χ4v) is 6.10. The third kappa shape index (κ3) is 5.47. The molecule has 11 heteroatoms. The van der Waals surface area contributed by atoms with Crippen LogP contribution in [0.15, 0.2) is 40.0 Å². The number of carbonyl (C=O) groups excluding carboxylic acids is 1. The molecule has 2 saturated heterocycles. The van der Waals surface area contributed by atoms with Crippen molar-refractivity contribution in [2.24, 2.45) is 0 Å². The van der Waals surface area contributed by atoms with E-state index in [1.54, 1.807) is 17.6 Å². The maximum Gasteiger partial charge on any atom is 0.303 e. The molecule has 1 aromatic heterocycles. The molecule has 38 heavy (non-hydrogen) atoms. The lowest BCUT2D eigenvalue weighted by molar-refractivity contribution is -0.137. The van der Waals surface area contributed by atoms with E-state index in [9.17, 15) is 19.6 Å². The Kier molecular flexibility index (Phi) is 8.54. The van der Waals surface area contributed by atoms with Crippen molar-refractivity contribution in [2.45, 2.75) is 33.2 Å². The molecular formula is C27H29N5O4S2. The van der Waals surface area contributed by atoms with Crippen molar-refractivity contribution in [2.75, 3.05) is 42.5 Å². The highest BCUT2D eigenvalue weighted by Gasteiger charge is 2.33. The Balaban J connectivity index is 1.71. The average Bonchev–Trinajstić information content (AvgIpc) is 3.18. The quantitative estimate of drug-likeness (QED) is 0.390. The highest BCUT2D eigenvalue weighted by molar-refractivity contribution is 8.26. The number of aliphatic carboxylic acids is 1. The van der Waals surface area contributed by atoms with E-state index < -0.39 is 5.97 Å². The molecule has 9 nitrogen and oxygen atoms in total. The van der Waals surface area contributed by atoms with Crippen molar-refractivity contribution in [3.05, 3.63) is 62.3 Å². The zero-order valence-corrected chi connectivity index (χ0v) is 23.0. The van der Waals surface area contributed by atoms with Crippen LogP contribution in [0.25, 0.3) is 6.08 Å². The van der Waals surface area contributed by atoms with Gasteiger partial charge in [-0.1, -0.05) is 42.2 Å². The topological polar surface area (TPSA) is 110 Å².